The van der Waals surface area contributed by atoms with E-state index in [0.717, 1.165) is 18.0 Å². The fraction of sp³-hybridized carbons (Fsp3) is 0.333. The van der Waals surface area contributed by atoms with E-state index in [1.54, 1.807) is 11.8 Å². The van der Waals surface area contributed by atoms with Crippen molar-refractivity contribution in [3.05, 3.63) is 30.3 Å². The van der Waals surface area contributed by atoms with Gasteiger partial charge in [0.25, 0.3) is 0 Å². The Hall–Kier alpha value is -0.670. The summed E-state index contributed by atoms with van der Waals surface area (Å²) in [5, 5.41) is 3.25. The molecule has 1 heterocycles. The molecular formula is C9H11NOS. The van der Waals surface area contributed by atoms with E-state index in [1.807, 2.05) is 30.3 Å². The van der Waals surface area contributed by atoms with Crippen molar-refractivity contribution >= 4 is 11.8 Å². The van der Waals surface area contributed by atoms with Gasteiger partial charge in [-0.05, 0) is 12.1 Å². The lowest BCUT2D eigenvalue weighted by molar-refractivity contribution is 0.261. The van der Waals surface area contributed by atoms with Crippen LogP contribution in [-0.4, -0.2) is 17.9 Å². The third-order valence-electron chi connectivity index (χ3n) is 1.67. The van der Waals surface area contributed by atoms with Crippen molar-refractivity contribution in [3.8, 4) is 5.75 Å². The van der Waals surface area contributed by atoms with Gasteiger partial charge in [0.2, 0.25) is 0 Å². The van der Waals surface area contributed by atoms with E-state index in [9.17, 15) is 0 Å². The first-order valence-electron chi connectivity index (χ1n) is 4.02. The van der Waals surface area contributed by atoms with Crippen LogP contribution in [0.3, 0.4) is 0 Å². The number of thioether (sulfide) groups is 1. The van der Waals surface area contributed by atoms with Crippen LogP contribution in [0.5, 0.6) is 5.75 Å². The van der Waals surface area contributed by atoms with Gasteiger partial charge in [-0.2, -0.15) is 0 Å². The van der Waals surface area contributed by atoms with Crippen molar-refractivity contribution in [3.63, 3.8) is 0 Å². The quantitative estimate of drug-likeness (QED) is 0.750. The van der Waals surface area contributed by atoms with Gasteiger partial charge < -0.3 is 4.74 Å². The van der Waals surface area contributed by atoms with E-state index < -0.39 is 0 Å². The van der Waals surface area contributed by atoms with E-state index in [0.29, 0.717) is 0 Å². The average Bonchev–Trinajstić information content (AvgIpc) is 2.59. The van der Waals surface area contributed by atoms with Crippen LogP contribution in [0.4, 0.5) is 0 Å². The predicted molar refractivity (Wildman–Crippen MR) is 51.3 cm³/mol. The van der Waals surface area contributed by atoms with Crippen molar-refractivity contribution in [2.45, 2.75) is 5.56 Å². The zero-order valence-corrected chi connectivity index (χ0v) is 7.51. The summed E-state index contributed by atoms with van der Waals surface area (Å²) in [5.74, 6) is 2.07. The van der Waals surface area contributed by atoms with Crippen LogP contribution in [0.1, 0.15) is 0 Å². The third-order valence-corrected chi connectivity index (χ3v) is 2.67. The molecule has 1 unspecified atom stereocenters. The van der Waals surface area contributed by atoms with E-state index in [2.05, 4.69) is 5.32 Å². The van der Waals surface area contributed by atoms with Crippen LogP contribution < -0.4 is 10.1 Å². The first-order valence-corrected chi connectivity index (χ1v) is 5.07. The minimum Gasteiger partial charge on any atom is -0.466 e. The number of para-hydroxylation sites is 1. The first-order chi connectivity index (χ1) is 5.95. The largest absolute Gasteiger partial charge is 0.466 e. The lowest BCUT2D eigenvalue weighted by atomic mass is 10.3. The standard InChI is InChI=1S/C9H11NOS/c1-2-4-8(5-3-1)11-9-10-6-7-12-9/h1-5,9-10H,6-7H2. The average molecular weight is 181 g/mol. The molecule has 1 aromatic carbocycles. The second-order valence-electron chi connectivity index (χ2n) is 2.59. The van der Waals surface area contributed by atoms with Gasteiger partial charge in [0.15, 0.2) is 5.56 Å². The van der Waals surface area contributed by atoms with Crippen LogP contribution in [0.15, 0.2) is 30.3 Å². The minimum atomic E-state index is 0.146. The molecule has 0 radical (unpaired) electrons. The Morgan fingerprint density at radius 1 is 1.33 bits per heavy atom. The van der Waals surface area contributed by atoms with Gasteiger partial charge in [-0.25, -0.2) is 0 Å². The molecule has 1 aromatic rings. The highest BCUT2D eigenvalue weighted by Crippen LogP contribution is 2.19. The smallest absolute Gasteiger partial charge is 0.198 e. The molecule has 3 heteroatoms. The molecule has 1 aliphatic rings. The summed E-state index contributed by atoms with van der Waals surface area (Å²) in [5.41, 5.74) is 0.146. The molecule has 64 valence electrons. The van der Waals surface area contributed by atoms with Crippen LogP contribution in [0.25, 0.3) is 0 Å². The van der Waals surface area contributed by atoms with E-state index in [4.69, 9.17) is 4.74 Å². The number of rotatable bonds is 2. The maximum Gasteiger partial charge on any atom is 0.198 e. The highest BCUT2D eigenvalue weighted by atomic mass is 32.2. The maximum absolute atomic E-state index is 5.63. The van der Waals surface area contributed by atoms with Gasteiger partial charge in [0.1, 0.15) is 5.75 Å². The molecule has 2 nitrogen and oxygen atoms in total. The van der Waals surface area contributed by atoms with Gasteiger partial charge in [0, 0.05) is 12.3 Å². The molecule has 1 N–H and O–H groups in total. The molecule has 1 atom stereocenters. The van der Waals surface area contributed by atoms with Crippen molar-refractivity contribution in [1.82, 2.24) is 5.32 Å². The van der Waals surface area contributed by atoms with Crippen LogP contribution in [0.2, 0.25) is 0 Å². The van der Waals surface area contributed by atoms with Crippen molar-refractivity contribution in [1.29, 1.82) is 0 Å². The molecule has 0 amide bonds. The number of ether oxygens (including phenoxy) is 1. The SMILES string of the molecule is c1ccc(OC2NCCS2)cc1. The van der Waals surface area contributed by atoms with E-state index in [1.165, 1.54) is 0 Å². The summed E-state index contributed by atoms with van der Waals surface area (Å²) in [4.78, 5) is 0. The highest BCUT2D eigenvalue weighted by Gasteiger charge is 2.15. The fourth-order valence-corrected chi connectivity index (χ4v) is 1.96. The molecular weight excluding hydrogens is 170 g/mol. The summed E-state index contributed by atoms with van der Waals surface area (Å²) in [6.45, 7) is 1.04. The van der Waals surface area contributed by atoms with Crippen molar-refractivity contribution in [2.24, 2.45) is 0 Å². The van der Waals surface area contributed by atoms with Gasteiger partial charge in [-0.3, -0.25) is 5.32 Å². The summed E-state index contributed by atoms with van der Waals surface area (Å²) in [6, 6.07) is 9.90. The molecule has 0 aliphatic carbocycles. The summed E-state index contributed by atoms with van der Waals surface area (Å²) in [6.07, 6.45) is 0. The van der Waals surface area contributed by atoms with Crippen LogP contribution in [0, 0.1) is 0 Å². The molecule has 1 saturated heterocycles. The van der Waals surface area contributed by atoms with Gasteiger partial charge >= 0.3 is 0 Å². The Bertz CT molecular complexity index is 234. The maximum atomic E-state index is 5.63. The van der Waals surface area contributed by atoms with E-state index >= 15 is 0 Å². The topological polar surface area (TPSA) is 21.3 Å². The fourth-order valence-electron chi connectivity index (χ4n) is 1.10. The highest BCUT2D eigenvalue weighted by molar-refractivity contribution is 8.00. The Kier molecular flexibility index (Phi) is 2.54. The normalized spacial score (nSPS) is 22.5. The second kappa shape index (κ2) is 3.83. The van der Waals surface area contributed by atoms with Gasteiger partial charge in [0.05, 0.1) is 0 Å². The van der Waals surface area contributed by atoms with Crippen LogP contribution >= 0.6 is 11.8 Å². The van der Waals surface area contributed by atoms with Crippen molar-refractivity contribution in [2.75, 3.05) is 12.3 Å². The third kappa shape index (κ3) is 1.93. The molecule has 0 saturated carbocycles. The molecule has 0 bridgehead atoms. The molecule has 12 heavy (non-hydrogen) atoms. The second-order valence-corrected chi connectivity index (χ2v) is 3.76. The minimum absolute atomic E-state index is 0.146. The van der Waals surface area contributed by atoms with Crippen LogP contribution in [-0.2, 0) is 0 Å². The molecule has 2 rings (SSSR count). The zero-order valence-electron chi connectivity index (χ0n) is 6.69. The zero-order chi connectivity index (χ0) is 8.23. The lowest BCUT2D eigenvalue weighted by Gasteiger charge is -2.11. The first kappa shape index (κ1) is 7.95. The lowest BCUT2D eigenvalue weighted by Crippen LogP contribution is -2.25. The number of benzene rings is 1. The monoisotopic (exact) mass is 181 g/mol. The summed E-state index contributed by atoms with van der Waals surface area (Å²) < 4.78 is 5.63. The molecule has 0 spiro atoms. The molecule has 1 aliphatic heterocycles. The number of nitrogens with one attached hydrogen (secondary N) is 1. The Morgan fingerprint density at radius 2 is 2.17 bits per heavy atom. The van der Waals surface area contributed by atoms with Gasteiger partial charge in [-0.15, -0.1) is 11.8 Å². The molecule has 1 fully saturated rings. The predicted octanol–water partition coefficient (Wildman–Crippen LogP) is 1.69. The van der Waals surface area contributed by atoms with Crippen molar-refractivity contribution < 1.29 is 4.74 Å². The summed E-state index contributed by atoms with van der Waals surface area (Å²) >= 11 is 1.80. The van der Waals surface area contributed by atoms with E-state index in [-0.39, 0.29) is 5.56 Å². The number of hydrogen-bond acceptors (Lipinski definition) is 3. The Labute approximate surface area is 76.3 Å². The molecule has 0 aromatic heterocycles. The van der Waals surface area contributed by atoms with Gasteiger partial charge in [-0.1, -0.05) is 18.2 Å². The Balaban J connectivity index is 1.94. The Morgan fingerprint density at radius 3 is 2.83 bits per heavy atom. The summed E-state index contributed by atoms with van der Waals surface area (Å²) in [7, 11) is 0. The number of hydrogen-bond donors (Lipinski definition) is 1.